The molecule has 1 heterocycles. The van der Waals surface area contributed by atoms with E-state index < -0.39 is 5.97 Å². The molecular weight excluding hydrogens is 286 g/mol. The molecule has 0 N–H and O–H groups in total. The second-order valence-electron chi connectivity index (χ2n) is 5.97. The van der Waals surface area contributed by atoms with Gasteiger partial charge in [-0.25, -0.2) is 9.79 Å². The van der Waals surface area contributed by atoms with E-state index in [0.717, 1.165) is 16.7 Å². The van der Waals surface area contributed by atoms with E-state index in [1.54, 1.807) is 6.08 Å². The van der Waals surface area contributed by atoms with Gasteiger partial charge >= 0.3 is 5.97 Å². The van der Waals surface area contributed by atoms with Crippen LogP contribution in [0.5, 0.6) is 0 Å². The number of cyclic esters (lactones) is 1. The normalized spacial score (nSPS) is 15.9. The van der Waals surface area contributed by atoms with Gasteiger partial charge in [0, 0.05) is 5.56 Å². The van der Waals surface area contributed by atoms with Gasteiger partial charge in [0.1, 0.15) is 0 Å². The summed E-state index contributed by atoms with van der Waals surface area (Å²) in [7, 11) is 0. The monoisotopic (exact) mass is 305 g/mol. The number of hydrogen-bond donors (Lipinski definition) is 0. The predicted octanol–water partition coefficient (Wildman–Crippen LogP) is 4.46. The number of aryl methyl sites for hydroxylation is 1. The minimum Gasteiger partial charge on any atom is -0.402 e. The Morgan fingerprint density at radius 1 is 1.04 bits per heavy atom. The number of esters is 1. The molecule has 0 radical (unpaired) electrons. The van der Waals surface area contributed by atoms with Gasteiger partial charge in [0.2, 0.25) is 5.90 Å². The zero-order chi connectivity index (χ0) is 16.4. The van der Waals surface area contributed by atoms with Crippen LogP contribution in [-0.4, -0.2) is 11.9 Å². The lowest BCUT2D eigenvalue weighted by atomic mass is 10.0. The Hall–Kier alpha value is -2.68. The van der Waals surface area contributed by atoms with E-state index in [0.29, 0.717) is 17.5 Å². The molecule has 2 aromatic rings. The van der Waals surface area contributed by atoms with Gasteiger partial charge in [0.05, 0.1) is 0 Å². The van der Waals surface area contributed by atoms with Crippen LogP contribution in [0.1, 0.15) is 42.0 Å². The maximum atomic E-state index is 12.0. The van der Waals surface area contributed by atoms with Gasteiger partial charge in [-0.15, -0.1) is 0 Å². The van der Waals surface area contributed by atoms with Crippen LogP contribution in [-0.2, 0) is 9.53 Å². The lowest BCUT2D eigenvalue weighted by molar-refractivity contribution is -0.129. The average Bonchev–Trinajstić information content (AvgIpc) is 2.91. The van der Waals surface area contributed by atoms with Crippen LogP contribution in [0.4, 0.5) is 0 Å². The molecule has 2 aromatic carbocycles. The summed E-state index contributed by atoms with van der Waals surface area (Å²) >= 11 is 0. The Kier molecular flexibility index (Phi) is 4.11. The van der Waals surface area contributed by atoms with Crippen molar-refractivity contribution in [2.24, 2.45) is 4.99 Å². The number of carbonyl (C=O) groups is 1. The van der Waals surface area contributed by atoms with E-state index >= 15 is 0 Å². The van der Waals surface area contributed by atoms with Crippen LogP contribution in [0.3, 0.4) is 0 Å². The third-order valence-electron chi connectivity index (χ3n) is 3.93. The van der Waals surface area contributed by atoms with Crippen molar-refractivity contribution < 1.29 is 9.53 Å². The van der Waals surface area contributed by atoms with Crippen LogP contribution >= 0.6 is 0 Å². The summed E-state index contributed by atoms with van der Waals surface area (Å²) in [5.41, 5.74) is 4.46. The predicted molar refractivity (Wildman–Crippen MR) is 92.3 cm³/mol. The molecule has 1 aliphatic rings. The Balaban J connectivity index is 1.91. The SMILES string of the molecule is Cc1ccccc1C=C1N=C(c2ccc(C(C)C)cc2)OC1=O. The first kappa shape index (κ1) is 15.2. The van der Waals surface area contributed by atoms with Gasteiger partial charge in [-0.05, 0) is 47.7 Å². The number of hydrogen-bond acceptors (Lipinski definition) is 3. The number of ether oxygens (including phenoxy) is 1. The summed E-state index contributed by atoms with van der Waals surface area (Å²) < 4.78 is 5.32. The molecular formula is C20H19NO2. The second kappa shape index (κ2) is 6.21. The number of aliphatic imine (C=N–C) groups is 1. The number of nitrogens with zero attached hydrogens (tertiary/aromatic N) is 1. The summed E-state index contributed by atoms with van der Waals surface area (Å²) in [5, 5.41) is 0. The van der Waals surface area contributed by atoms with Gasteiger partial charge in [-0.2, -0.15) is 0 Å². The summed E-state index contributed by atoms with van der Waals surface area (Å²) in [6, 6.07) is 15.8. The molecule has 0 aromatic heterocycles. The Morgan fingerprint density at radius 3 is 2.39 bits per heavy atom. The van der Waals surface area contributed by atoms with E-state index in [9.17, 15) is 4.79 Å². The van der Waals surface area contributed by atoms with Crippen LogP contribution < -0.4 is 0 Å². The zero-order valence-corrected chi connectivity index (χ0v) is 13.5. The molecule has 0 atom stereocenters. The van der Waals surface area contributed by atoms with Crippen LogP contribution in [0, 0.1) is 6.92 Å². The lowest BCUT2D eigenvalue weighted by Gasteiger charge is -2.05. The van der Waals surface area contributed by atoms with Gasteiger partial charge in [-0.1, -0.05) is 50.2 Å². The fourth-order valence-corrected chi connectivity index (χ4v) is 2.44. The molecule has 3 rings (SSSR count). The highest BCUT2D eigenvalue weighted by molar-refractivity contribution is 6.12. The quantitative estimate of drug-likeness (QED) is 0.620. The molecule has 0 spiro atoms. The van der Waals surface area contributed by atoms with Crippen molar-refractivity contribution in [3.63, 3.8) is 0 Å². The van der Waals surface area contributed by atoms with E-state index in [1.165, 1.54) is 5.56 Å². The van der Waals surface area contributed by atoms with Crippen LogP contribution in [0.2, 0.25) is 0 Å². The molecule has 3 nitrogen and oxygen atoms in total. The van der Waals surface area contributed by atoms with Crippen molar-refractivity contribution in [1.82, 2.24) is 0 Å². The highest BCUT2D eigenvalue weighted by Gasteiger charge is 2.24. The highest BCUT2D eigenvalue weighted by Crippen LogP contribution is 2.22. The number of benzene rings is 2. The van der Waals surface area contributed by atoms with Crippen molar-refractivity contribution in [2.45, 2.75) is 26.7 Å². The Bertz CT molecular complexity index is 799. The fraction of sp³-hybridized carbons (Fsp3) is 0.200. The van der Waals surface area contributed by atoms with Gasteiger partial charge in [0.25, 0.3) is 0 Å². The summed E-state index contributed by atoms with van der Waals surface area (Å²) in [5.74, 6) is 0.426. The van der Waals surface area contributed by atoms with Gasteiger partial charge in [-0.3, -0.25) is 0 Å². The first-order chi connectivity index (χ1) is 11.0. The fourth-order valence-electron chi connectivity index (χ4n) is 2.44. The third kappa shape index (κ3) is 3.24. The molecule has 116 valence electrons. The molecule has 1 aliphatic heterocycles. The summed E-state index contributed by atoms with van der Waals surface area (Å²) in [6.07, 6.45) is 1.77. The topological polar surface area (TPSA) is 38.7 Å². The minimum atomic E-state index is -0.406. The standard InChI is InChI=1S/C20H19NO2/c1-13(2)15-8-10-16(11-9-15)19-21-18(20(22)23-19)12-17-7-5-4-6-14(17)3/h4-13H,1-3H3. The van der Waals surface area contributed by atoms with Crippen molar-refractivity contribution in [2.75, 3.05) is 0 Å². The first-order valence-corrected chi connectivity index (χ1v) is 7.73. The molecule has 0 saturated carbocycles. The maximum absolute atomic E-state index is 12.0. The highest BCUT2D eigenvalue weighted by atomic mass is 16.6. The number of rotatable bonds is 3. The average molecular weight is 305 g/mol. The third-order valence-corrected chi connectivity index (χ3v) is 3.93. The van der Waals surface area contributed by atoms with Crippen LogP contribution in [0.25, 0.3) is 6.08 Å². The van der Waals surface area contributed by atoms with Crippen molar-refractivity contribution in [3.05, 3.63) is 76.5 Å². The molecule has 23 heavy (non-hydrogen) atoms. The molecule has 3 heteroatoms. The maximum Gasteiger partial charge on any atom is 0.363 e. The Morgan fingerprint density at radius 2 is 1.74 bits per heavy atom. The molecule has 0 aliphatic carbocycles. The molecule has 0 fully saturated rings. The second-order valence-corrected chi connectivity index (χ2v) is 5.97. The van der Waals surface area contributed by atoms with E-state index in [-0.39, 0.29) is 0 Å². The van der Waals surface area contributed by atoms with Crippen molar-refractivity contribution in [3.8, 4) is 0 Å². The Labute approximate surface area is 136 Å². The summed E-state index contributed by atoms with van der Waals surface area (Å²) in [6.45, 7) is 6.29. The van der Waals surface area contributed by atoms with Gasteiger partial charge < -0.3 is 4.74 Å². The van der Waals surface area contributed by atoms with E-state index in [2.05, 4.69) is 18.8 Å². The zero-order valence-electron chi connectivity index (χ0n) is 13.5. The number of carbonyl (C=O) groups excluding carboxylic acids is 1. The van der Waals surface area contributed by atoms with Crippen LogP contribution in [0.15, 0.2) is 59.2 Å². The van der Waals surface area contributed by atoms with Crippen molar-refractivity contribution in [1.29, 1.82) is 0 Å². The first-order valence-electron chi connectivity index (χ1n) is 7.73. The molecule has 0 amide bonds. The molecule has 0 saturated heterocycles. The lowest BCUT2D eigenvalue weighted by Crippen LogP contribution is -2.05. The van der Waals surface area contributed by atoms with E-state index in [1.807, 2.05) is 55.5 Å². The van der Waals surface area contributed by atoms with Gasteiger partial charge in [0.15, 0.2) is 5.70 Å². The smallest absolute Gasteiger partial charge is 0.363 e. The van der Waals surface area contributed by atoms with E-state index in [4.69, 9.17) is 4.74 Å². The summed E-state index contributed by atoms with van der Waals surface area (Å²) in [4.78, 5) is 16.4. The molecule has 0 bridgehead atoms. The molecule has 0 unspecified atom stereocenters. The largest absolute Gasteiger partial charge is 0.402 e. The minimum absolute atomic E-state index is 0.335. The van der Waals surface area contributed by atoms with Crippen molar-refractivity contribution >= 4 is 17.9 Å².